The molecular weight excluding hydrogens is 375 g/mol. The van der Waals surface area contributed by atoms with Crippen LogP contribution in [0.2, 0.25) is 0 Å². The maximum absolute atomic E-state index is 12.6. The van der Waals surface area contributed by atoms with Gasteiger partial charge in [-0.25, -0.2) is 0 Å². The van der Waals surface area contributed by atoms with Crippen molar-refractivity contribution in [1.82, 2.24) is 15.2 Å². The molecule has 0 unspecified atom stereocenters. The first-order chi connectivity index (χ1) is 13.3. The third-order valence-electron chi connectivity index (χ3n) is 5.56. The molecule has 2 atom stereocenters. The molecule has 5 rings (SSSR count). The molecule has 6 nitrogen and oxygen atoms in total. The number of ether oxygens (including phenoxy) is 1. The zero-order valence-electron chi connectivity index (χ0n) is 15.2. The van der Waals surface area contributed by atoms with Crippen LogP contribution in [0.5, 0.6) is 11.8 Å². The van der Waals surface area contributed by atoms with E-state index >= 15 is 0 Å². The van der Waals surface area contributed by atoms with Gasteiger partial charge < -0.3 is 14.5 Å². The number of carbonyl (C=O) groups excluding carboxylic acids is 1. The highest BCUT2D eigenvalue weighted by Crippen LogP contribution is 2.33. The van der Waals surface area contributed by atoms with Gasteiger partial charge in [0.1, 0.15) is 5.75 Å². The molecule has 0 radical (unpaired) electrons. The fourth-order valence-electron chi connectivity index (χ4n) is 3.99. The summed E-state index contributed by atoms with van der Waals surface area (Å²) >= 11 is 0. The van der Waals surface area contributed by atoms with Crippen molar-refractivity contribution < 1.29 is 27.1 Å². The Labute approximate surface area is 159 Å². The molecule has 3 fully saturated rings. The van der Waals surface area contributed by atoms with E-state index in [0.717, 1.165) is 25.9 Å². The Morgan fingerprint density at radius 2 is 1.93 bits per heavy atom. The van der Waals surface area contributed by atoms with Crippen LogP contribution in [0.1, 0.15) is 35.9 Å². The smallest absolute Gasteiger partial charge is 0.411 e. The molecule has 2 bridgehead atoms. The van der Waals surface area contributed by atoms with E-state index in [1.807, 2.05) is 0 Å². The van der Waals surface area contributed by atoms with E-state index in [-0.39, 0.29) is 17.7 Å². The van der Waals surface area contributed by atoms with E-state index in [0.29, 0.717) is 23.7 Å². The van der Waals surface area contributed by atoms with Crippen LogP contribution in [0.15, 0.2) is 34.9 Å². The number of piperidine rings is 3. The number of hydrogen-bond acceptors (Lipinski definition) is 5. The highest BCUT2D eigenvalue weighted by molar-refractivity contribution is 5.94. The van der Waals surface area contributed by atoms with Crippen molar-refractivity contribution in [2.24, 2.45) is 5.92 Å². The third kappa shape index (κ3) is 3.71. The Balaban J connectivity index is 1.39. The van der Waals surface area contributed by atoms with Gasteiger partial charge in [0, 0.05) is 17.6 Å². The molecule has 3 saturated heterocycles. The Bertz CT molecular complexity index is 840. The molecule has 3 aliphatic heterocycles. The molecule has 0 saturated carbocycles. The number of benzene rings is 1. The summed E-state index contributed by atoms with van der Waals surface area (Å²) in [7, 11) is 0. The van der Waals surface area contributed by atoms with E-state index in [2.05, 4.69) is 26.5 Å². The minimum absolute atomic E-state index is 0.124. The van der Waals surface area contributed by atoms with Crippen LogP contribution in [0, 0.1) is 5.92 Å². The van der Waals surface area contributed by atoms with Gasteiger partial charge in [-0.05, 0) is 63.0 Å². The second-order valence-corrected chi connectivity index (χ2v) is 7.23. The third-order valence-corrected chi connectivity index (χ3v) is 5.56. The predicted octanol–water partition coefficient (Wildman–Crippen LogP) is 3.70. The topological polar surface area (TPSA) is 67.6 Å². The van der Waals surface area contributed by atoms with E-state index < -0.39 is 18.0 Å². The summed E-state index contributed by atoms with van der Waals surface area (Å²) in [5.74, 6) is -0.680. The van der Waals surface area contributed by atoms with Gasteiger partial charge in [0.05, 0.1) is 6.20 Å². The molecular formula is C19H20F3N3O3. The zero-order valence-corrected chi connectivity index (χ0v) is 15.2. The maximum Gasteiger partial charge on any atom is 0.451 e. The van der Waals surface area contributed by atoms with Crippen molar-refractivity contribution in [1.29, 1.82) is 0 Å². The quantitative estimate of drug-likeness (QED) is 0.855. The van der Waals surface area contributed by atoms with Crippen LogP contribution in [0.25, 0.3) is 0 Å². The van der Waals surface area contributed by atoms with Gasteiger partial charge in [0.2, 0.25) is 5.76 Å². The van der Waals surface area contributed by atoms with Crippen molar-refractivity contribution in [3.05, 3.63) is 41.8 Å². The Morgan fingerprint density at radius 1 is 1.25 bits per heavy atom. The fourth-order valence-corrected chi connectivity index (χ4v) is 3.99. The lowest BCUT2D eigenvalue weighted by molar-refractivity contribution is -0.153. The second-order valence-electron chi connectivity index (χ2n) is 7.23. The predicted molar refractivity (Wildman–Crippen MR) is 93.0 cm³/mol. The van der Waals surface area contributed by atoms with Gasteiger partial charge in [0.15, 0.2) is 0 Å². The molecule has 28 heavy (non-hydrogen) atoms. The molecule has 1 aromatic heterocycles. The highest BCUT2D eigenvalue weighted by Gasteiger charge is 2.40. The molecule has 0 aliphatic carbocycles. The van der Waals surface area contributed by atoms with Crippen molar-refractivity contribution in [3.8, 4) is 11.8 Å². The average molecular weight is 395 g/mol. The van der Waals surface area contributed by atoms with Crippen molar-refractivity contribution in [2.45, 2.75) is 38.0 Å². The number of hydrogen-bond donors (Lipinski definition) is 1. The van der Waals surface area contributed by atoms with Crippen LogP contribution in [0.4, 0.5) is 13.2 Å². The van der Waals surface area contributed by atoms with Gasteiger partial charge >= 0.3 is 12.3 Å². The van der Waals surface area contributed by atoms with E-state index in [4.69, 9.17) is 4.74 Å². The highest BCUT2D eigenvalue weighted by atomic mass is 19.4. The first-order valence-corrected chi connectivity index (χ1v) is 9.17. The second kappa shape index (κ2) is 7.12. The molecule has 4 heterocycles. The summed E-state index contributed by atoms with van der Waals surface area (Å²) in [6.07, 6.45) is -2.38. The van der Waals surface area contributed by atoms with Gasteiger partial charge in [-0.2, -0.15) is 18.2 Å². The van der Waals surface area contributed by atoms with Crippen LogP contribution >= 0.6 is 0 Å². The minimum Gasteiger partial charge on any atom is -0.411 e. The van der Waals surface area contributed by atoms with Crippen molar-refractivity contribution in [3.63, 3.8) is 0 Å². The molecule has 3 aliphatic rings. The molecule has 9 heteroatoms. The van der Waals surface area contributed by atoms with Gasteiger partial charge in [0.25, 0.3) is 5.91 Å². The Hall–Kier alpha value is -2.55. The zero-order chi connectivity index (χ0) is 19.9. The number of nitrogens with zero attached hydrogens (tertiary/aromatic N) is 2. The maximum atomic E-state index is 12.6. The van der Waals surface area contributed by atoms with Crippen LogP contribution in [0.3, 0.4) is 0 Å². The summed E-state index contributed by atoms with van der Waals surface area (Å²) < 4.78 is 47.3. The number of amides is 1. The SMILES string of the molecule is C[C@@H]1[C@H](NC(=O)c2ccc(Oc3ncc(C(F)(F)F)o3)cc2)C2CCN1CC2. The van der Waals surface area contributed by atoms with Crippen molar-refractivity contribution >= 4 is 5.91 Å². The lowest BCUT2D eigenvalue weighted by Gasteiger charge is -2.49. The molecule has 2 aromatic rings. The standard InChI is InChI=1S/C19H20F3N3O3/c1-11-16(12-6-8-25(11)9-7-12)24-17(26)13-2-4-14(5-3-13)27-18-23-10-15(28-18)19(20,21)22/h2-5,10-12,16H,6-9H2,1H3,(H,24,26)/t11-,16+/m1/s1. The first-order valence-electron chi connectivity index (χ1n) is 9.17. The number of rotatable bonds is 4. The summed E-state index contributed by atoms with van der Waals surface area (Å²) in [6.45, 7) is 4.31. The van der Waals surface area contributed by atoms with E-state index in [1.54, 1.807) is 12.1 Å². The van der Waals surface area contributed by atoms with Crippen LogP contribution in [-0.2, 0) is 6.18 Å². The average Bonchev–Trinajstić information content (AvgIpc) is 3.14. The number of aromatic nitrogens is 1. The summed E-state index contributed by atoms with van der Waals surface area (Å²) in [6, 6.07) is 6.54. The first kappa shape index (κ1) is 18.8. The Morgan fingerprint density at radius 3 is 2.50 bits per heavy atom. The number of alkyl halides is 3. The lowest BCUT2D eigenvalue weighted by atomic mass is 9.79. The molecule has 150 valence electrons. The van der Waals surface area contributed by atoms with Gasteiger partial charge in [-0.1, -0.05) is 0 Å². The number of oxazole rings is 1. The minimum atomic E-state index is -4.62. The molecule has 0 spiro atoms. The van der Waals surface area contributed by atoms with E-state index in [9.17, 15) is 18.0 Å². The molecule has 1 aromatic carbocycles. The number of halogens is 3. The molecule has 1 amide bonds. The van der Waals surface area contributed by atoms with Gasteiger partial charge in [-0.15, -0.1) is 0 Å². The summed E-state index contributed by atoms with van der Waals surface area (Å²) in [5.41, 5.74) is 0.458. The summed E-state index contributed by atoms with van der Waals surface area (Å²) in [4.78, 5) is 18.4. The number of nitrogens with one attached hydrogen (secondary N) is 1. The van der Waals surface area contributed by atoms with Crippen molar-refractivity contribution in [2.75, 3.05) is 13.1 Å². The van der Waals surface area contributed by atoms with Gasteiger partial charge in [-0.3, -0.25) is 9.69 Å². The number of carbonyl (C=O) groups is 1. The lowest BCUT2D eigenvalue weighted by Crippen LogP contribution is -2.62. The molecule has 1 N–H and O–H groups in total. The van der Waals surface area contributed by atoms with Crippen LogP contribution in [-0.4, -0.2) is 41.0 Å². The largest absolute Gasteiger partial charge is 0.451 e. The van der Waals surface area contributed by atoms with Crippen LogP contribution < -0.4 is 10.1 Å². The van der Waals surface area contributed by atoms with E-state index in [1.165, 1.54) is 12.1 Å². The Kier molecular flexibility index (Phi) is 4.78. The number of fused-ring (bicyclic) bond motifs is 3. The monoisotopic (exact) mass is 395 g/mol. The normalized spacial score (nSPS) is 26.9. The summed E-state index contributed by atoms with van der Waals surface area (Å²) in [5, 5.41) is 3.13. The fraction of sp³-hybridized carbons (Fsp3) is 0.474.